The molecule has 2 rings (SSSR count). The van der Waals surface area contributed by atoms with Gasteiger partial charge in [0.1, 0.15) is 17.9 Å². The summed E-state index contributed by atoms with van der Waals surface area (Å²) in [6.07, 6.45) is 1.11. The highest BCUT2D eigenvalue weighted by atomic mass is 19.1. The van der Waals surface area contributed by atoms with E-state index >= 15 is 0 Å². The smallest absolute Gasteiger partial charge is 0.241 e. The molecule has 2 heterocycles. The Balaban J connectivity index is 2.30. The molecule has 0 aliphatic carbocycles. The molecule has 0 bridgehead atoms. The molecule has 0 aliphatic rings. The van der Waals surface area contributed by atoms with Gasteiger partial charge in [-0.2, -0.15) is 10.2 Å². The van der Waals surface area contributed by atoms with Gasteiger partial charge in [0.15, 0.2) is 0 Å². The van der Waals surface area contributed by atoms with Gasteiger partial charge in [0, 0.05) is 0 Å². The average molecular weight is 204 g/mol. The quantitative estimate of drug-likeness (QED) is 0.737. The summed E-state index contributed by atoms with van der Waals surface area (Å²) in [4.78, 5) is 7.69. The van der Waals surface area contributed by atoms with Crippen LogP contribution in [0, 0.1) is 17.1 Å². The molecule has 0 radical (unpaired) electrons. The van der Waals surface area contributed by atoms with Gasteiger partial charge >= 0.3 is 0 Å². The summed E-state index contributed by atoms with van der Waals surface area (Å²) in [7, 11) is 0. The zero-order chi connectivity index (χ0) is 10.7. The fraction of sp³-hybridized carbons (Fsp3) is 0.111. The van der Waals surface area contributed by atoms with Crippen molar-refractivity contribution in [3.05, 3.63) is 30.0 Å². The van der Waals surface area contributed by atoms with Crippen LogP contribution in [-0.4, -0.2) is 15.1 Å². The molecule has 6 heteroatoms. The van der Waals surface area contributed by atoms with E-state index in [1.54, 1.807) is 0 Å². The first-order valence-electron chi connectivity index (χ1n) is 4.11. The molecule has 0 unspecified atom stereocenters. The molecular weight excluding hydrogens is 199 g/mol. The Morgan fingerprint density at radius 1 is 1.47 bits per heavy atom. The lowest BCUT2D eigenvalue weighted by Gasteiger charge is -1.91. The van der Waals surface area contributed by atoms with E-state index < -0.39 is 5.82 Å². The highest BCUT2D eigenvalue weighted by Crippen LogP contribution is 2.12. The van der Waals surface area contributed by atoms with E-state index in [4.69, 9.17) is 9.78 Å². The second-order valence-electron chi connectivity index (χ2n) is 2.71. The predicted molar refractivity (Wildman–Crippen MR) is 46.8 cm³/mol. The van der Waals surface area contributed by atoms with Gasteiger partial charge in [0.05, 0.1) is 12.3 Å². The minimum atomic E-state index is -0.431. The first-order valence-corrected chi connectivity index (χ1v) is 4.11. The first-order chi connectivity index (χ1) is 7.29. The van der Waals surface area contributed by atoms with Crippen molar-refractivity contribution in [3.63, 3.8) is 0 Å². The van der Waals surface area contributed by atoms with E-state index in [0.717, 1.165) is 6.20 Å². The summed E-state index contributed by atoms with van der Waals surface area (Å²) < 4.78 is 17.3. The van der Waals surface area contributed by atoms with Gasteiger partial charge in [0.2, 0.25) is 11.7 Å². The van der Waals surface area contributed by atoms with Gasteiger partial charge in [-0.25, -0.2) is 9.37 Å². The zero-order valence-corrected chi connectivity index (χ0v) is 7.51. The average Bonchev–Trinajstić information content (AvgIpc) is 2.68. The van der Waals surface area contributed by atoms with Crippen LogP contribution in [0.1, 0.15) is 5.89 Å². The molecule has 0 aromatic carbocycles. The summed E-state index contributed by atoms with van der Waals surface area (Å²) in [5, 5.41) is 12.0. The Hall–Kier alpha value is -2.29. The van der Waals surface area contributed by atoms with Crippen LogP contribution in [0.2, 0.25) is 0 Å². The molecule has 0 fully saturated rings. The molecule has 2 aromatic heterocycles. The van der Waals surface area contributed by atoms with Gasteiger partial charge in [-0.05, 0) is 12.1 Å². The molecule has 15 heavy (non-hydrogen) atoms. The van der Waals surface area contributed by atoms with Crippen molar-refractivity contribution in [2.45, 2.75) is 6.42 Å². The van der Waals surface area contributed by atoms with Crippen molar-refractivity contribution in [1.29, 1.82) is 5.26 Å². The Morgan fingerprint density at radius 3 is 3.00 bits per heavy atom. The van der Waals surface area contributed by atoms with E-state index in [-0.39, 0.29) is 18.1 Å². The van der Waals surface area contributed by atoms with Crippen LogP contribution in [0.15, 0.2) is 22.9 Å². The molecule has 2 aromatic rings. The van der Waals surface area contributed by atoms with Gasteiger partial charge in [-0.15, -0.1) is 0 Å². The van der Waals surface area contributed by atoms with Crippen LogP contribution in [0.3, 0.4) is 0 Å². The fourth-order valence-corrected chi connectivity index (χ4v) is 1.01. The number of halogens is 1. The van der Waals surface area contributed by atoms with Gasteiger partial charge in [0.25, 0.3) is 0 Å². The number of hydrogen-bond donors (Lipinski definition) is 0. The normalized spacial score (nSPS) is 9.87. The van der Waals surface area contributed by atoms with Crippen LogP contribution in [-0.2, 0) is 6.42 Å². The lowest BCUT2D eigenvalue weighted by atomic mass is 10.3. The van der Waals surface area contributed by atoms with E-state index in [1.165, 1.54) is 12.1 Å². The third-order valence-electron chi connectivity index (χ3n) is 1.65. The van der Waals surface area contributed by atoms with E-state index in [2.05, 4.69) is 15.1 Å². The lowest BCUT2D eigenvalue weighted by molar-refractivity contribution is 0.387. The highest BCUT2D eigenvalue weighted by molar-refractivity contribution is 5.47. The molecule has 0 spiro atoms. The molecule has 0 amide bonds. The summed E-state index contributed by atoms with van der Waals surface area (Å²) in [5.74, 6) is 0.0402. The Bertz CT molecular complexity index is 500. The predicted octanol–water partition coefficient (Wildman–Crippen LogP) is 1.34. The molecule has 74 valence electrons. The summed E-state index contributed by atoms with van der Waals surface area (Å²) in [6, 6.07) is 4.57. The summed E-state index contributed by atoms with van der Waals surface area (Å²) in [5.41, 5.74) is 0.407. The maximum atomic E-state index is 12.6. The van der Waals surface area contributed by atoms with Crippen molar-refractivity contribution in [3.8, 4) is 17.6 Å². The summed E-state index contributed by atoms with van der Waals surface area (Å²) >= 11 is 0. The van der Waals surface area contributed by atoms with Crippen LogP contribution in [0.4, 0.5) is 4.39 Å². The maximum Gasteiger partial charge on any atom is 0.241 e. The zero-order valence-electron chi connectivity index (χ0n) is 7.51. The molecule has 0 N–H and O–H groups in total. The van der Waals surface area contributed by atoms with Crippen molar-refractivity contribution in [2.75, 3.05) is 0 Å². The molecule has 0 saturated carbocycles. The Kier molecular flexibility index (Phi) is 2.37. The van der Waals surface area contributed by atoms with Gasteiger partial charge in [-0.1, -0.05) is 5.16 Å². The molecular formula is C9H5FN4O. The molecule has 5 nitrogen and oxygen atoms in total. The van der Waals surface area contributed by atoms with Crippen LogP contribution in [0.5, 0.6) is 0 Å². The second-order valence-corrected chi connectivity index (χ2v) is 2.71. The van der Waals surface area contributed by atoms with Crippen molar-refractivity contribution in [1.82, 2.24) is 15.1 Å². The van der Waals surface area contributed by atoms with Crippen LogP contribution >= 0.6 is 0 Å². The number of nitrogens with zero attached hydrogens (tertiary/aromatic N) is 4. The third-order valence-corrected chi connectivity index (χ3v) is 1.65. The number of aromatic nitrogens is 3. The molecule has 0 saturated heterocycles. The number of hydrogen-bond acceptors (Lipinski definition) is 5. The minimum Gasteiger partial charge on any atom is -0.338 e. The van der Waals surface area contributed by atoms with E-state index in [1.807, 2.05) is 6.07 Å². The van der Waals surface area contributed by atoms with Crippen LogP contribution in [0.25, 0.3) is 11.5 Å². The van der Waals surface area contributed by atoms with E-state index in [9.17, 15) is 4.39 Å². The van der Waals surface area contributed by atoms with Crippen molar-refractivity contribution >= 4 is 0 Å². The Labute approximate surface area is 84.2 Å². The standard InChI is InChI=1S/C9H5FN4O/c10-6-1-2-7(12-5-6)9-13-8(3-4-11)15-14-9/h1-2,5H,3H2. The minimum absolute atomic E-state index is 0.0498. The topological polar surface area (TPSA) is 75.6 Å². The number of rotatable bonds is 2. The third kappa shape index (κ3) is 1.96. The SMILES string of the molecule is N#CCc1nc(-c2ccc(F)cn2)no1. The van der Waals surface area contributed by atoms with Gasteiger partial charge in [-0.3, -0.25) is 0 Å². The number of pyridine rings is 1. The number of nitriles is 1. The fourth-order valence-electron chi connectivity index (χ4n) is 1.01. The molecule has 0 aliphatic heterocycles. The largest absolute Gasteiger partial charge is 0.338 e. The van der Waals surface area contributed by atoms with E-state index in [0.29, 0.717) is 5.69 Å². The monoisotopic (exact) mass is 204 g/mol. The molecule has 0 atom stereocenters. The van der Waals surface area contributed by atoms with Gasteiger partial charge < -0.3 is 4.52 Å². The maximum absolute atomic E-state index is 12.6. The van der Waals surface area contributed by atoms with Crippen LogP contribution < -0.4 is 0 Å². The lowest BCUT2D eigenvalue weighted by Crippen LogP contribution is -1.87. The summed E-state index contributed by atoms with van der Waals surface area (Å²) in [6.45, 7) is 0. The highest BCUT2D eigenvalue weighted by Gasteiger charge is 2.08. The first kappa shape index (κ1) is 9.27. The van der Waals surface area contributed by atoms with Crippen molar-refractivity contribution < 1.29 is 8.91 Å². The second kappa shape index (κ2) is 3.84. The Morgan fingerprint density at radius 2 is 2.33 bits per heavy atom. The van der Waals surface area contributed by atoms with Crippen molar-refractivity contribution in [2.24, 2.45) is 0 Å².